The number of aryl methyl sites for hydroxylation is 1. The molecular weight excluding hydrogens is 351 g/mol. The summed E-state index contributed by atoms with van der Waals surface area (Å²) < 4.78 is 39.6. The van der Waals surface area contributed by atoms with Crippen LogP contribution in [0.3, 0.4) is 0 Å². The highest BCUT2D eigenvalue weighted by Gasteiger charge is 2.38. The first-order chi connectivity index (χ1) is 12.3. The first kappa shape index (κ1) is 20.4. The number of rotatable bonds is 6. The molecule has 1 N–H and O–H groups in total. The van der Waals surface area contributed by atoms with Crippen molar-refractivity contribution >= 4 is 5.97 Å². The molecule has 6 nitrogen and oxygen atoms in total. The lowest BCUT2D eigenvalue weighted by molar-refractivity contribution is -0.192. The van der Waals surface area contributed by atoms with E-state index in [0.717, 1.165) is 24.7 Å². The van der Waals surface area contributed by atoms with Crippen LogP contribution in [-0.2, 0) is 29.2 Å². The van der Waals surface area contributed by atoms with E-state index in [0.29, 0.717) is 13.2 Å². The van der Waals surface area contributed by atoms with Crippen LogP contribution < -0.4 is 0 Å². The summed E-state index contributed by atoms with van der Waals surface area (Å²) >= 11 is 0. The maximum Gasteiger partial charge on any atom is 0.490 e. The van der Waals surface area contributed by atoms with Crippen molar-refractivity contribution in [2.75, 3.05) is 19.7 Å². The van der Waals surface area contributed by atoms with Crippen molar-refractivity contribution in [1.29, 1.82) is 0 Å². The molecule has 0 unspecified atom stereocenters. The fourth-order valence-corrected chi connectivity index (χ4v) is 2.76. The summed E-state index contributed by atoms with van der Waals surface area (Å²) in [6, 6.07) is 0. The standard InChI is InChI=1S/C15H23N3O.C2HF3O2/c1-2-8-19-11-14-15-10-17(9-13-4-5-13)6-3-7-18(15)12-16-14;3-2(4,5)1(6)7/h2,12-13H,1,3-11H2;(H,6,7). The lowest BCUT2D eigenvalue weighted by atomic mass is 10.3. The molecule has 1 aliphatic heterocycles. The molecule has 3 rings (SSSR count). The summed E-state index contributed by atoms with van der Waals surface area (Å²) in [5.41, 5.74) is 2.45. The molecule has 9 heteroatoms. The summed E-state index contributed by atoms with van der Waals surface area (Å²) in [6.45, 7) is 9.47. The zero-order chi connectivity index (χ0) is 19.2. The number of imidazole rings is 1. The number of nitrogens with zero attached hydrogens (tertiary/aromatic N) is 3. The van der Waals surface area contributed by atoms with Gasteiger partial charge in [0.2, 0.25) is 0 Å². The van der Waals surface area contributed by atoms with Crippen molar-refractivity contribution in [3.8, 4) is 0 Å². The van der Waals surface area contributed by atoms with Crippen molar-refractivity contribution in [2.24, 2.45) is 5.92 Å². The zero-order valence-electron chi connectivity index (χ0n) is 14.5. The lowest BCUT2D eigenvalue weighted by Crippen LogP contribution is -2.26. The van der Waals surface area contributed by atoms with Gasteiger partial charge in [-0.2, -0.15) is 13.2 Å². The van der Waals surface area contributed by atoms with Crippen LogP contribution in [0.1, 0.15) is 30.7 Å². The lowest BCUT2D eigenvalue weighted by Gasteiger charge is -2.19. The van der Waals surface area contributed by atoms with Gasteiger partial charge in [-0.05, 0) is 25.2 Å². The topological polar surface area (TPSA) is 67.6 Å². The quantitative estimate of drug-likeness (QED) is 0.612. The van der Waals surface area contributed by atoms with E-state index in [1.807, 2.05) is 6.33 Å². The largest absolute Gasteiger partial charge is 0.490 e. The number of carbonyl (C=O) groups is 1. The van der Waals surface area contributed by atoms with E-state index in [2.05, 4.69) is 21.0 Å². The number of halogens is 3. The van der Waals surface area contributed by atoms with Crippen molar-refractivity contribution in [3.05, 3.63) is 30.4 Å². The number of alkyl halides is 3. The maximum atomic E-state index is 10.6. The Bertz CT molecular complexity index is 612. The van der Waals surface area contributed by atoms with E-state index in [4.69, 9.17) is 14.6 Å². The van der Waals surface area contributed by atoms with Gasteiger partial charge in [0.15, 0.2) is 0 Å². The number of carboxylic acid groups (broad SMARTS) is 1. The van der Waals surface area contributed by atoms with Gasteiger partial charge in [-0.15, -0.1) is 6.58 Å². The molecular formula is C17H24F3N3O3. The Labute approximate surface area is 150 Å². The van der Waals surface area contributed by atoms with E-state index < -0.39 is 12.1 Å². The predicted octanol–water partition coefficient (Wildman–Crippen LogP) is 2.83. The first-order valence-electron chi connectivity index (χ1n) is 8.55. The fourth-order valence-electron chi connectivity index (χ4n) is 2.76. The van der Waals surface area contributed by atoms with E-state index in [1.54, 1.807) is 6.08 Å². The molecule has 0 saturated heterocycles. The molecule has 0 bridgehead atoms. The second-order valence-corrected chi connectivity index (χ2v) is 6.47. The SMILES string of the molecule is C=CCOCc1ncn2c1CN(CC1CC1)CCC2.O=C(O)C(F)(F)F. The molecule has 0 atom stereocenters. The molecule has 1 aromatic heterocycles. The minimum atomic E-state index is -5.08. The highest BCUT2D eigenvalue weighted by Crippen LogP contribution is 2.31. The summed E-state index contributed by atoms with van der Waals surface area (Å²) in [6.07, 6.45) is 2.75. The van der Waals surface area contributed by atoms with Gasteiger partial charge in [0.25, 0.3) is 0 Å². The molecule has 0 radical (unpaired) electrons. The van der Waals surface area contributed by atoms with Crippen LogP contribution >= 0.6 is 0 Å². The summed E-state index contributed by atoms with van der Waals surface area (Å²) in [4.78, 5) is 16.0. The van der Waals surface area contributed by atoms with Crippen molar-refractivity contribution < 1.29 is 27.8 Å². The van der Waals surface area contributed by atoms with Gasteiger partial charge >= 0.3 is 12.1 Å². The number of ether oxygens (including phenoxy) is 1. The molecule has 2 aliphatic rings. The van der Waals surface area contributed by atoms with Gasteiger partial charge in [0.05, 0.1) is 30.9 Å². The third-order valence-electron chi connectivity index (χ3n) is 4.21. The van der Waals surface area contributed by atoms with E-state index in [-0.39, 0.29) is 0 Å². The average Bonchev–Trinajstić information content (AvgIpc) is 3.33. The number of aromatic nitrogens is 2. The second kappa shape index (κ2) is 9.18. The third kappa shape index (κ3) is 6.45. The molecule has 146 valence electrons. The molecule has 0 aromatic carbocycles. The Kier molecular flexibility index (Phi) is 7.22. The number of hydrogen-bond donors (Lipinski definition) is 1. The fraction of sp³-hybridized carbons (Fsp3) is 0.647. The van der Waals surface area contributed by atoms with Crippen molar-refractivity contribution in [3.63, 3.8) is 0 Å². The Morgan fingerprint density at radius 1 is 1.42 bits per heavy atom. The zero-order valence-corrected chi connectivity index (χ0v) is 14.5. The van der Waals surface area contributed by atoms with Gasteiger partial charge in [-0.25, -0.2) is 9.78 Å². The Morgan fingerprint density at radius 2 is 2.12 bits per heavy atom. The summed E-state index contributed by atoms with van der Waals surface area (Å²) in [5, 5.41) is 7.12. The van der Waals surface area contributed by atoms with Crippen LogP contribution in [0, 0.1) is 5.92 Å². The van der Waals surface area contributed by atoms with Crippen molar-refractivity contribution in [2.45, 2.75) is 45.1 Å². The number of fused-ring (bicyclic) bond motifs is 1. The molecule has 0 spiro atoms. The average molecular weight is 375 g/mol. The highest BCUT2D eigenvalue weighted by molar-refractivity contribution is 5.73. The van der Waals surface area contributed by atoms with Crippen LogP contribution in [0.5, 0.6) is 0 Å². The van der Waals surface area contributed by atoms with Gasteiger partial charge < -0.3 is 14.4 Å². The van der Waals surface area contributed by atoms with Crippen LogP contribution in [-0.4, -0.2) is 51.4 Å². The van der Waals surface area contributed by atoms with Crippen LogP contribution in [0.15, 0.2) is 19.0 Å². The Balaban J connectivity index is 0.000000298. The summed E-state index contributed by atoms with van der Waals surface area (Å²) in [5.74, 6) is -1.80. The molecule has 1 aliphatic carbocycles. The molecule has 1 aromatic rings. The van der Waals surface area contributed by atoms with E-state index in [9.17, 15) is 13.2 Å². The van der Waals surface area contributed by atoms with Crippen LogP contribution in [0.4, 0.5) is 13.2 Å². The second-order valence-electron chi connectivity index (χ2n) is 6.47. The smallest absolute Gasteiger partial charge is 0.475 e. The normalized spacial score (nSPS) is 17.7. The van der Waals surface area contributed by atoms with Gasteiger partial charge in [0, 0.05) is 26.2 Å². The number of carboxylic acids is 1. The number of aliphatic carboxylic acids is 1. The van der Waals surface area contributed by atoms with Gasteiger partial charge in [-0.3, -0.25) is 4.90 Å². The van der Waals surface area contributed by atoms with E-state index >= 15 is 0 Å². The molecule has 1 fully saturated rings. The van der Waals surface area contributed by atoms with Gasteiger partial charge in [0.1, 0.15) is 0 Å². The van der Waals surface area contributed by atoms with Crippen molar-refractivity contribution in [1.82, 2.24) is 14.5 Å². The monoisotopic (exact) mass is 375 g/mol. The molecule has 1 saturated carbocycles. The Hall–Kier alpha value is -1.87. The summed E-state index contributed by atoms with van der Waals surface area (Å²) in [7, 11) is 0. The number of hydrogen-bond acceptors (Lipinski definition) is 4. The molecule has 26 heavy (non-hydrogen) atoms. The highest BCUT2D eigenvalue weighted by atomic mass is 19.4. The minimum Gasteiger partial charge on any atom is -0.475 e. The third-order valence-corrected chi connectivity index (χ3v) is 4.21. The van der Waals surface area contributed by atoms with E-state index in [1.165, 1.54) is 38.0 Å². The minimum absolute atomic E-state index is 0.595. The predicted molar refractivity (Wildman–Crippen MR) is 88.4 cm³/mol. The Morgan fingerprint density at radius 3 is 2.69 bits per heavy atom. The van der Waals surface area contributed by atoms with Gasteiger partial charge in [-0.1, -0.05) is 6.08 Å². The first-order valence-corrected chi connectivity index (χ1v) is 8.55. The molecule has 0 amide bonds. The maximum absolute atomic E-state index is 10.6. The van der Waals surface area contributed by atoms with Crippen LogP contribution in [0.2, 0.25) is 0 Å². The molecule has 2 heterocycles. The van der Waals surface area contributed by atoms with Crippen LogP contribution in [0.25, 0.3) is 0 Å².